The minimum atomic E-state index is -1.56. The van der Waals surface area contributed by atoms with Gasteiger partial charge in [0.15, 0.2) is 17.5 Å². The summed E-state index contributed by atoms with van der Waals surface area (Å²) >= 11 is 2.78. The number of hydrogen-bond donors (Lipinski definition) is 0. The molecule has 1 aliphatic rings. The van der Waals surface area contributed by atoms with Crippen LogP contribution in [0.4, 0.5) is 13.2 Å². The fourth-order valence-corrected chi connectivity index (χ4v) is 1.96. The van der Waals surface area contributed by atoms with Crippen molar-refractivity contribution in [3.05, 3.63) is 33.6 Å². The van der Waals surface area contributed by atoms with Crippen molar-refractivity contribution in [3.8, 4) is 0 Å². The van der Waals surface area contributed by atoms with Crippen LogP contribution in [0.5, 0.6) is 0 Å². The van der Waals surface area contributed by atoms with Crippen LogP contribution in [-0.2, 0) is 10.3 Å². The molecule has 2 rings (SSSR count). The standard InChI is InChI=1S/C10H5BrF3NO/c11-6-3-5(7(12)9(14)8(6)13)10(1-2-10)15-4-16/h3H,1-2H2. The summed E-state index contributed by atoms with van der Waals surface area (Å²) in [4.78, 5) is 13.6. The van der Waals surface area contributed by atoms with E-state index in [2.05, 4.69) is 20.9 Å². The van der Waals surface area contributed by atoms with Crippen LogP contribution in [0.2, 0.25) is 0 Å². The van der Waals surface area contributed by atoms with Gasteiger partial charge in [0.2, 0.25) is 6.08 Å². The molecule has 0 amide bonds. The Morgan fingerprint density at radius 3 is 2.38 bits per heavy atom. The van der Waals surface area contributed by atoms with Gasteiger partial charge in [0.1, 0.15) is 5.54 Å². The molecule has 6 heteroatoms. The fraction of sp³-hybridized carbons (Fsp3) is 0.300. The minimum Gasteiger partial charge on any atom is -0.211 e. The van der Waals surface area contributed by atoms with Crippen molar-refractivity contribution in [1.82, 2.24) is 0 Å². The van der Waals surface area contributed by atoms with Gasteiger partial charge in [-0.1, -0.05) is 0 Å². The van der Waals surface area contributed by atoms with Crippen molar-refractivity contribution >= 4 is 22.0 Å². The van der Waals surface area contributed by atoms with Crippen LogP contribution in [0, 0.1) is 17.5 Å². The van der Waals surface area contributed by atoms with Crippen LogP contribution in [0.15, 0.2) is 15.5 Å². The van der Waals surface area contributed by atoms with Gasteiger partial charge in [-0.05, 0) is 34.8 Å². The van der Waals surface area contributed by atoms with Gasteiger partial charge in [0.25, 0.3) is 0 Å². The average molecular weight is 292 g/mol. The van der Waals surface area contributed by atoms with Crippen LogP contribution in [0.3, 0.4) is 0 Å². The number of halogens is 4. The lowest BCUT2D eigenvalue weighted by atomic mass is 10.0. The topological polar surface area (TPSA) is 29.4 Å². The number of hydrogen-bond acceptors (Lipinski definition) is 2. The predicted octanol–water partition coefficient (Wildman–Crippen LogP) is 3.19. The number of carbonyl (C=O) groups excluding carboxylic acids is 1. The maximum absolute atomic E-state index is 13.5. The summed E-state index contributed by atoms with van der Waals surface area (Å²) in [6, 6.07) is 1.11. The smallest absolute Gasteiger partial charge is 0.211 e. The molecule has 0 unspecified atom stereocenters. The van der Waals surface area contributed by atoms with Crippen LogP contribution >= 0.6 is 15.9 Å². The Morgan fingerprint density at radius 2 is 1.88 bits per heavy atom. The molecule has 0 radical (unpaired) electrons. The lowest BCUT2D eigenvalue weighted by Gasteiger charge is -2.11. The van der Waals surface area contributed by atoms with Crippen LogP contribution in [0.1, 0.15) is 18.4 Å². The lowest BCUT2D eigenvalue weighted by molar-refractivity contribution is 0.431. The highest BCUT2D eigenvalue weighted by atomic mass is 79.9. The highest BCUT2D eigenvalue weighted by Crippen LogP contribution is 2.51. The van der Waals surface area contributed by atoms with Gasteiger partial charge in [0, 0.05) is 5.56 Å². The second kappa shape index (κ2) is 3.71. The quantitative estimate of drug-likeness (QED) is 0.356. The summed E-state index contributed by atoms with van der Waals surface area (Å²) in [6.45, 7) is 0. The molecule has 0 spiro atoms. The monoisotopic (exact) mass is 291 g/mol. The van der Waals surface area contributed by atoms with Gasteiger partial charge in [-0.15, -0.1) is 0 Å². The molecule has 1 fully saturated rings. The zero-order valence-corrected chi connectivity index (χ0v) is 9.44. The van der Waals surface area contributed by atoms with Crippen molar-refractivity contribution in [1.29, 1.82) is 0 Å². The maximum Gasteiger partial charge on any atom is 0.235 e. The Bertz CT molecular complexity index is 507. The highest BCUT2D eigenvalue weighted by molar-refractivity contribution is 9.10. The summed E-state index contributed by atoms with van der Waals surface area (Å²) < 4.78 is 39.4. The van der Waals surface area contributed by atoms with Crippen molar-refractivity contribution in [2.75, 3.05) is 0 Å². The molecule has 0 aromatic heterocycles. The van der Waals surface area contributed by atoms with Gasteiger partial charge in [-0.2, -0.15) is 4.99 Å². The van der Waals surface area contributed by atoms with E-state index in [0.717, 1.165) is 6.07 Å². The van der Waals surface area contributed by atoms with Gasteiger partial charge in [0.05, 0.1) is 4.47 Å². The van der Waals surface area contributed by atoms with Gasteiger partial charge >= 0.3 is 0 Å². The van der Waals surface area contributed by atoms with Crippen molar-refractivity contribution in [3.63, 3.8) is 0 Å². The van der Waals surface area contributed by atoms with E-state index < -0.39 is 23.0 Å². The second-order valence-corrected chi connectivity index (χ2v) is 4.44. The van der Waals surface area contributed by atoms with Crippen LogP contribution in [0.25, 0.3) is 0 Å². The summed E-state index contributed by atoms with van der Waals surface area (Å²) in [5.74, 6) is -4.14. The molecule has 0 heterocycles. The molecule has 0 saturated heterocycles. The first-order chi connectivity index (χ1) is 7.52. The molecule has 84 valence electrons. The molecule has 0 N–H and O–H groups in total. The van der Waals surface area contributed by atoms with Gasteiger partial charge in [-0.3, -0.25) is 0 Å². The van der Waals surface area contributed by atoms with E-state index in [-0.39, 0.29) is 10.0 Å². The van der Waals surface area contributed by atoms with E-state index in [1.54, 1.807) is 0 Å². The average Bonchev–Trinajstić information content (AvgIpc) is 3.02. The van der Waals surface area contributed by atoms with Crippen LogP contribution in [-0.4, -0.2) is 6.08 Å². The van der Waals surface area contributed by atoms with E-state index in [0.29, 0.717) is 12.8 Å². The van der Waals surface area contributed by atoms with Gasteiger partial charge < -0.3 is 0 Å². The van der Waals surface area contributed by atoms with E-state index in [1.165, 1.54) is 6.08 Å². The first kappa shape index (κ1) is 11.4. The molecule has 1 aromatic rings. The van der Waals surface area contributed by atoms with E-state index in [9.17, 15) is 18.0 Å². The molecule has 1 aromatic carbocycles. The number of isocyanates is 1. The largest absolute Gasteiger partial charge is 0.235 e. The predicted molar refractivity (Wildman–Crippen MR) is 53.0 cm³/mol. The molecule has 0 aliphatic heterocycles. The normalized spacial score (nSPS) is 16.8. The first-order valence-electron chi connectivity index (χ1n) is 4.44. The zero-order valence-electron chi connectivity index (χ0n) is 7.86. The van der Waals surface area contributed by atoms with E-state index in [4.69, 9.17) is 0 Å². The molecular weight excluding hydrogens is 287 g/mol. The van der Waals surface area contributed by atoms with Crippen molar-refractivity contribution < 1.29 is 18.0 Å². The Balaban J connectivity index is 2.63. The third kappa shape index (κ3) is 1.58. The summed E-state index contributed by atoms with van der Waals surface area (Å²) in [6.07, 6.45) is 2.18. The van der Waals surface area contributed by atoms with E-state index in [1.807, 2.05) is 0 Å². The molecule has 0 bridgehead atoms. The van der Waals surface area contributed by atoms with E-state index >= 15 is 0 Å². The molecule has 0 atom stereocenters. The number of aliphatic imine (C=N–C) groups is 1. The second-order valence-electron chi connectivity index (χ2n) is 3.58. The fourth-order valence-electron chi connectivity index (χ4n) is 1.56. The lowest BCUT2D eigenvalue weighted by Crippen LogP contribution is -2.09. The summed E-state index contributed by atoms with van der Waals surface area (Å²) in [5, 5.41) is 0. The van der Waals surface area contributed by atoms with Crippen LogP contribution < -0.4 is 0 Å². The van der Waals surface area contributed by atoms with Crippen molar-refractivity contribution in [2.45, 2.75) is 18.4 Å². The van der Waals surface area contributed by atoms with Crippen molar-refractivity contribution in [2.24, 2.45) is 4.99 Å². The number of nitrogens with zero attached hydrogens (tertiary/aromatic N) is 1. The Labute approximate surface area is 97.3 Å². The Hall–Kier alpha value is -1.13. The first-order valence-corrected chi connectivity index (χ1v) is 5.23. The zero-order chi connectivity index (χ0) is 11.9. The Morgan fingerprint density at radius 1 is 1.25 bits per heavy atom. The number of rotatable bonds is 2. The highest BCUT2D eigenvalue weighted by Gasteiger charge is 2.48. The third-order valence-electron chi connectivity index (χ3n) is 2.59. The molecule has 1 saturated carbocycles. The molecular formula is C10H5BrF3NO. The molecule has 16 heavy (non-hydrogen) atoms. The number of benzene rings is 1. The molecule has 1 aliphatic carbocycles. The van der Waals surface area contributed by atoms with Gasteiger partial charge in [-0.25, -0.2) is 18.0 Å². The Kier molecular flexibility index (Phi) is 2.64. The third-order valence-corrected chi connectivity index (χ3v) is 3.16. The maximum atomic E-state index is 13.5. The summed E-state index contributed by atoms with van der Waals surface area (Å²) in [5.41, 5.74) is -1.16. The summed E-state index contributed by atoms with van der Waals surface area (Å²) in [7, 11) is 0. The molecule has 2 nitrogen and oxygen atoms in total. The SMILES string of the molecule is O=C=NC1(c2cc(Br)c(F)c(F)c2F)CC1. The minimum absolute atomic E-state index is 0.110.